The van der Waals surface area contributed by atoms with Crippen molar-refractivity contribution in [3.63, 3.8) is 0 Å². The highest BCUT2D eigenvalue weighted by molar-refractivity contribution is 5.51. The lowest BCUT2D eigenvalue weighted by Crippen LogP contribution is -2.19. The van der Waals surface area contributed by atoms with Gasteiger partial charge in [-0.2, -0.15) is 4.89 Å². The number of unbranched alkanes of at least 4 members (excludes halogenated alkanes) is 1. The molecule has 3 nitrogen and oxygen atoms in total. The van der Waals surface area contributed by atoms with Gasteiger partial charge in [0, 0.05) is 5.92 Å². The number of ether oxygens (including phenoxy) is 1. The minimum atomic E-state index is 0.146. The lowest BCUT2D eigenvalue weighted by Gasteiger charge is -2.27. The molecule has 0 saturated heterocycles. The second kappa shape index (κ2) is 6.64. The summed E-state index contributed by atoms with van der Waals surface area (Å²) in [6.07, 6.45) is 2.17. The first-order valence-electron chi connectivity index (χ1n) is 7.50. The van der Waals surface area contributed by atoms with Crippen LogP contribution in [-0.4, -0.2) is 13.2 Å². The van der Waals surface area contributed by atoms with Gasteiger partial charge in [0.25, 0.3) is 0 Å². The Labute approximate surface area is 125 Å². The molecule has 1 aliphatic heterocycles. The summed E-state index contributed by atoms with van der Waals surface area (Å²) in [5.41, 5.74) is 2.31. The molecule has 0 fully saturated rings. The molecule has 1 atom stereocenters. The van der Waals surface area contributed by atoms with Crippen LogP contribution >= 0.6 is 0 Å². The van der Waals surface area contributed by atoms with Gasteiger partial charge in [-0.1, -0.05) is 49.7 Å². The van der Waals surface area contributed by atoms with E-state index in [0.29, 0.717) is 6.61 Å². The summed E-state index contributed by atoms with van der Waals surface area (Å²) in [6, 6.07) is 16.2. The van der Waals surface area contributed by atoms with E-state index in [9.17, 15) is 0 Å². The standard InChI is InChI=1S/C18H20O3/c1-2-3-12-19-16-10-7-11-17-18(16)15(13-20-21-17)14-8-5-4-6-9-14/h4-11,15H,2-3,12-13H2,1H3. The van der Waals surface area contributed by atoms with Gasteiger partial charge in [0.1, 0.15) is 12.4 Å². The van der Waals surface area contributed by atoms with Crippen molar-refractivity contribution in [2.75, 3.05) is 13.2 Å². The van der Waals surface area contributed by atoms with Crippen molar-refractivity contribution in [3.05, 3.63) is 59.7 Å². The van der Waals surface area contributed by atoms with E-state index in [2.05, 4.69) is 19.1 Å². The Morgan fingerprint density at radius 2 is 1.95 bits per heavy atom. The Bertz CT molecular complexity index is 580. The van der Waals surface area contributed by atoms with Crippen LogP contribution in [0.3, 0.4) is 0 Å². The minimum Gasteiger partial charge on any atom is -0.493 e. The molecule has 0 bridgehead atoms. The van der Waals surface area contributed by atoms with Gasteiger partial charge >= 0.3 is 0 Å². The maximum atomic E-state index is 5.96. The van der Waals surface area contributed by atoms with Crippen LogP contribution in [0.4, 0.5) is 0 Å². The van der Waals surface area contributed by atoms with Crippen LogP contribution in [0.1, 0.15) is 36.8 Å². The molecule has 3 heteroatoms. The van der Waals surface area contributed by atoms with Gasteiger partial charge in [0.05, 0.1) is 12.2 Å². The van der Waals surface area contributed by atoms with E-state index in [1.807, 2.05) is 36.4 Å². The van der Waals surface area contributed by atoms with Gasteiger partial charge in [-0.05, 0) is 24.1 Å². The third kappa shape index (κ3) is 3.03. The zero-order valence-corrected chi connectivity index (χ0v) is 12.2. The van der Waals surface area contributed by atoms with Crippen LogP contribution in [0.5, 0.6) is 11.5 Å². The summed E-state index contributed by atoms with van der Waals surface area (Å²) < 4.78 is 5.96. The molecule has 2 aromatic rings. The van der Waals surface area contributed by atoms with E-state index in [1.54, 1.807) is 0 Å². The SMILES string of the molecule is CCCCOc1cccc2c1C(c1ccccc1)COO2. The third-order valence-corrected chi connectivity index (χ3v) is 3.72. The van der Waals surface area contributed by atoms with E-state index >= 15 is 0 Å². The molecule has 3 rings (SSSR count). The highest BCUT2D eigenvalue weighted by atomic mass is 17.2. The molecular formula is C18H20O3. The largest absolute Gasteiger partial charge is 0.493 e. The second-order valence-corrected chi connectivity index (χ2v) is 5.20. The average Bonchev–Trinajstić information content (AvgIpc) is 2.55. The maximum absolute atomic E-state index is 5.96. The molecule has 0 aliphatic carbocycles. The Hall–Kier alpha value is -2.00. The predicted octanol–water partition coefficient (Wildman–Crippen LogP) is 4.32. The highest BCUT2D eigenvalue weighted by Crippen LogP contribution is 2.41. The zero-order chi connectivity index (χ0) is 14.5. The molecule has 0 amide bonds. The Morgan fingerprint density at radius 3 is 2.76 bits per heavy atom. The average molecular weight is 284 g/mol. The first-order chi connectivity index (χ1) is 10.4. The molecule has 2 aromatic carbocycles. The maximum Gasteiger partial charge on any atom is 0.173 e. The topological polar surface area (TPSA) is 27.7 Å². The lowest BCUT2D eigenvalue weighted by molar-refractivity contribution is -0.219. The van der Waals surface area contributed by atoms with Crippen molar-refractivity contribution >= 4 is 0 Å². The fourth-order valence-corrected chi connectivity index (χ4v) is 2.59. The monoisotopic (exact) mass is 284 g/mol. The third-order valence-electron chi connectivity index (χ3n) is 3.72. The summed E-state index contributed by atoms with van der Waals surface area (Å²) in [5.74, 6) is 1.80. The van der Waals surface area contributed by atoms with Crippen molar-refractivity contribution < 1.29 is 14.5 Å². The highest BCUT2D eigenvalue weighted by Gasteiger charge is 2.28. The van der Waals surface area contributed by atoms with Crippen LogP contribution in [0, 0.1) is 0 Å². The van der Waals surface area contributed by atoms with Gasteiger partial charge in [-0.3, -0.25) is 0 Å². The molecule has 0 aromatic heterocycles. The Kier molecular flexibility index (Phi) is 4.41. The normalized spacial score (nSPS) is 16.9. The van der Waals surface area contributed by atoms with E-state index < -0.39 is 0 Å². The van der Waals surface area contributed by atoms with Crippen LogP contribution in [0.2, 0.25) is 0 Å². The fourth-order valence-electron chi connectivity index (χ4n) is 2.59. The van der Waals surface area contributed by atoms with Crippen LogP contribution in [0.15, 0.2) is 48.5 Å². The minimum absolute atomic E-state index is 0.146. The van der Waals surface area contributed by atoms with Gasteiger partial charge in [0.2, 0.25) is 0 Å². The molecule has 1 heterocycles. The smallest absolute Gasteiger partial charge is 0.173 e. The van der Waals surface area contributed by atoms with Crippen LogP contribution in [-0.2, 0) is 4.89 Å². The predicted molar refractivity (Wildman–Crippen MR) is 81.7 cm³/mol. The van der Waals surface area contributed by atoms with E-state index in [1.165, 1.54) is 5.56 Å². The molecule has 110 valence electrons. The van der Waals surface area contributed by atoms with E-state index in [-0.39, 0.29) is 5.92 Å². The molecule has 0 radical (unpaired) electrons. The van der Waals surface area contributed by atoms with Gasteiger partial charge in [0.15, 0.2) is 5.75 Å². The van der Waals surface area contributed by atoms with Crippen molar-refractivity contribution in [1.82, 2.24) is 0 Å². The molecule has 1 aliphatic rings. The van der Waals surface area contributed by atoms with E-state index in [0.717, 1.165) is 36.5 Å². The van der Waals surface area contributed by atoms with Gasteiger partial charge in [-0.15, -0.1) is 0 Å². The van der Waals surface area contributed by atoms with Crippen molar-refractivity contribution in [3.8, 4) is 11.5 Å². The van der Waals surface area contributed by atoms with Crippen LogP contribution in [0.25, 0.3) is 0 Å². The van der Waals surface area contributed by atoms with Crippen molar-refractivity contribution in [2.24, 2.45) is 0 Å². The number of hydrogen-bond donors (Lipinski definition) is 0. The summed E-state index contributed by atoms with van der Waals surface area (Å²) in [5, 5.41) is 0. The quantitative estimate of drug-likeness (QED) is 0.604. The molecular weight excluding hydrogens is 264 g/mol. The summed E-state index contributed by atoms with van der Waals surface area (Å²) >= 11 is 0. The first-order valence-corrected chi connectivity index (χ1v) is 7.50. The molecule has 0 N–H and O–H groups in total. The summed E-state index contributed by atoms with van der Waals surface area (Å²) in [4.78, 5) is 10.6. The zero-order valence-electron chi connectivity index (χ0n) is 12.2. The first kappa shape index (κ1) is 14.0. The lowest BCUT2D eigenvalue weighted by atomic mass is 9.90. The number of hydrogen-bond acceptors (Lipinski definition) is 3. The Balaban J connectivity index is 1.95. The molecule has 0 spiro atoms. The Morgan fingerprint density at radius 1 is 1.10 bits per heavy atom. The summed E-state index contributed by atoms with van der Waals surface area (Å²) in [6.45, 7) is 3.40. The second-order valence-electron chi connectivity index (χ2n) is 5.20. The van der Waals surface area contributed by atoms with Crippen molar-refractivity contribution in [2.45, 2.75) is 25.7 Å². The van der Waals surface area contributed by atoms with E-state index in [4.69, 9.17) is 14.5 Å². The van der Waals surface area contributed by atoms with Gasteiger partial charge < -0.3 is 9.62 Å². The number of fused-ring (bicyclic) bond motifs is 1. The summed E-state index contributed by atoms with van der Waals surface area (Å²) in [7, 11) is 0. The van der Waals surface area contributed by atoms with Crippen LogP contribution < -0.4 is 9.62 Å². The molecule has 1 unspecified atom stereocenters. The number of benzene rings is 2. The number of rotatable bonds is 5. The van der Waals surface area contributed by atoms with Crippen molar-refractivity contribution in [1.29, 1.82) is 0 Å². The van der Waals surface area contributed by atoms with Gasteiger partial charge in [-0.25, -0.2) is 0 Å². The fraction of sp³-hybridized carbons (Fsp3) is 0.333. The molecule has 21 heavy (non-hydrogen) atoms. The molecule has 0 saturated carbocycles.